The minimum atomic E-state index is 1.11. The van der Waals surface area contributed by atoms with Crippen molar-refractivity contribution in [1.29, 1.82) is 0 Å². The Morgan fingerprint density at radius 3 is 1.80 bits per heavy atom. The maximum absolute atomic E-state index is 4.09. The van der Waals surface area contributed by atoms with Crippen LogP contribution in [-0.4, -0.2) is 19.1 Å². The van der Waals surface area contributed by atoms with Gasteiger partial charge in [-0.2, -0.15) is 0 Å². The van der Waals surface area contributed by atoms with Gasteiger partial charge in [0.2, 0.25) is 0 Å². The Kier molecular flexibility index (Phi) is 1.91. The summed E-state index contributed by atoms with van der Waals surface area (Å²) >= 11 is 0. The van der Waals surface area contributed by atoms with Crippen molar-refractivity contribution < 1.29 is 0 Å². The third kappa shape index (κ3) is 1.38. The number of allylic oxidation sites excluding steroid dienone is 2. The highest BCUT2D eigenvalue weighted by Crippen LogP contribution is 2.32. The Morgan fingerprint density at radius 1 is 0.867 bits per heavy atom. The lowest BCUT2D eigenvalue weighted by Gasteiger charge is -2.08. The van der Waals surface area contributed by atoms with Crippen LogP contribution >= 0.6 is 0 Å². The normalized spacial score (nSPS) is 16.3. The van der Waals surface area contributed by atoms with Crippen LogP contribution in [0.15, 0.2) is 37.4 Å². The van der Waals surface area contributed by atoms with Crippen LogP contribution in [0.25, 0.3) is 11.4 Å². The van der Waals surface area contributed by atoms with Crippen molar-refractivity contribution in [3.63, 3.8) is 0 Å². The fraction of sp³-hybridized carbons (Fsp3) is 0.273. The monoisotopic (exact) mass is 200 g/mol. The number of imidazole rings is 2. The van der Waals surface area contributed by atoms with Crippen LogP contribution < -0.4 is 0 Å². The lowest BCUT2D eigenvalue weighted by molar-refractivity contribution is 0.891. The summed E-state index contributed by atoms with van der Waals surface area (Å²) < 4.78 is 4.20. The number of hydrogen-bond acceptors (Lipinski definition) is 2. The van der Waals surface area contributed by atoms with Crippen LogP contribution in [0, 0.1) is 0 Å². The van der Waals surface area contributed by atoms with Gasteiger partial charge < -0.3 is 9.13 Å². The molecule has 4 nitrogen and oxygen atoms in total. The zero-order chi connectivity index (χ0) is 10.1. The van der Waals surface area contributed by atoms with Crippen molar-refractivity contribution in [2.45, 2.75) is 19.3 Å². The molecule has 4 heteroatoms. The first kappa shape index (κ1) is 8.47. The van der Waals surface area contributed by atoms with E-state index in [4.69, 9.17) is 0 Å². The maximum atomic E-state index is 4.09. The minimum absolute atomic E-state index is 1.11. The summed E-state index contributed by atoms with van der Waals surface area (Å²) in [5.74, 6) is 0. The Morgan fingerprint density at radius 2 is 1.40 bits per heavy atom. The maximum Gasteiger partial charge on any atom is 0.0989 e. The predicted octanol–water partition coefficient (Wildman–Crippen LogP) is 2.09. The quantitative estimate of drug-likeness (QED) is 0.744. The van der Waals surface area contributed by atoms with Crippen LogP contribution in [0.5, 0.6) is 0 Å². The second-order valence-electron chi connectivity index (χ2n) is 3.69. The molecule has 0 spiro atoms. The number of aromatic nitrogens is 4. The molecule has 0 unspecified atom stereocenters. The van der Waals surface area contributed by atoms with E-state index in [1.807, 2.05) is 37.4 Å². The second kappa shape index (κ2) is 3.38. The second-order valence-corrected chi connectivity index (χ2v) is 3.69. The van der Waals surface area contributed by atoms with Crippen molar-refractivity contribution in [3.8, 4) is 0 Å². The molecule has 0 radical (unpaired) electrons. The van der Waals surface area contributed by atoms with Gasteiger partial charge >= 0.3 is 0 Å². The Balaban J connectivity index is 2.09. The summed E-state index contributed by atoms with van der Waals surface area (Å²) in [5.41, 5.74) is 2.68. The van der Waals surface area contributed by atoms with Crippen molar-refractivity contribution in [2.75, 3.05) is 0 Å². The van der Waals surface area contributed by atoms with Crippen LogP contribution in [0.4, 0.5) is 0 Å². The lowest BCUT2D eigenvalue weighted by atomic mass is 10.3. The molecule has 0 aliphatic heterocycles. The molecule has 0 fully saturated rings. The van der Waals surface area contributed by atoms with E-state index in [2.05, 4.69) is 19.1 Å². The highest BCUT2D eigenvalue weighted by Gasteiger charge is 2.16. The summed E-state index contributed by atoms with van der Waals surface area (Å²) in [5, 5.41) is 0. The molecule has 15 heavy (non-hydrogen) atoms. The molecule has 3 rings (SSSR count). The summed E-state index contributed by atoms with van der Waals surface area (Å²) in [6, 6.07) is 0. The molecule has 1 aliphatic rings. The molecule has 0 atom stereocenters. The summed E-state index contributed by atoms with van der Waals surface area (Å²) in [7, 11) is 0. The number of nitrogens with zero attached hydrogens (tertiary/aromatic N) is 4. The van der Waals surface area contributed by atoms with Gasteiger partial charge in [-0.25, -0.2) is 9.97 Å². The minimum Gasteiger partial charge on any atom is -0.308 e. The molecule has 76 valence electrons. The van der Waals surface area contributed by atoms with E-state index in [0.29, 0.717) is 0 Å². The van der Waals surface area contributed by atoms with Gasteiger partial charge in [0.1, 0.15) is 0 Å². The third-order valence-corrected chi connectivity index (χ3v) is 2.79. The molecule has 0 amide bonds. The first-order valence-corrected chi connectivity index (χ1v) is 5.14. The summed E-state index contributed by atoms with van der Waals surface area (Å²) in [6.07, 6.45) is 14.8. The van der Waals surface area contributed by atoms with Gasteiger partial charge in [-0.15, -0.1) is 0 Å². The van der Waals surface area contributed by atoms with Crippen LogP contribution in [0.2, 0.25) is 0 Å². The Bertz CT molecular complexity index is 420. The molecule has 1 aliphatic carbocycles. The molecule has 0 bridgehead atoms. The number of hydrogen-bond donors (Lipinski definition) is 0. The van der Waals surface area contributed by atoms with E-state index in [0.717, 1.165) is 12.8 Å². The fourth-order valence-corrected chi connectivity index (χ4v) is 2.11. The van der Waals surface area contributed by atoms with Crippen LogP contribution in [0.1, 0.15) is 19.3 Å². The predicted molar refractivity (Wildman–Crippen MR) is 57.7 cm³/mol. The van der Waals surface area contributed by atoms with Gasteiger partial charge in [-0.05, 0) is 19.3 Å². The largest absolute Gasteiger partial charge is 0.308 e. The van der Waals surface area contributed by atoms with Gasteiger partial charge in [-0.3, -0.25) is 0 Å². The molecule has 2 aromatic heterocycles. The molecular formula is C11H12N4. The van der Waals surface area contributed by atoms with Gasteiger partial charge in [0.15, 0.2) is 0 Å². The van der Waals surface area contributed by atoms with Crippen molar-refractivity contribution >= 4 is 11.4 Å². The van der Waals surface area contributed by atoms with E-state index in [9.17, 15) is 0 Å². The van der Waals surface area contributed by atoms with Crippen molar-refractivity contribution in [2.24, 2.45) is 0 Å². The standard InChI is InChI=1S/C11H12N4/c1-2-10(14-6-4-12-8-14)11(3-1)15-7-5-13-9-15/h4-9H,1-3H2. The van der Waals surface area contributed by atoms with E-state index in [-0.39, 0.29) is 0 Å². The lowest BCUT2D eigenvalue weighted by Crippen LogP contribution is -1.97. The summed E-state index contributed by atoms with van der Waals surface area (Å²) in [4.78, 5) is 8.17. The highest BCUT2D eigenvalue weighted by molar-refractivity contribution is 5.74. The van der Waals surface area contributed by atoms with Gasteiger partial charge in [0, 0.05) is 36.2 Å². The Labute approximate surface area is 87.9 Å². The number of rotatable bonds is 2. The zero-order valence-electron chi connectivity index (χ0n) is 8.37. The summed E-state index contributed by atoms with van der Waals surface area (Å²) in [6.45, 7) is 0. The van der Waals surface area contributed by atoms with E-state index >= 15 is 0 Å². The van der Waals surface area contributed by atoms with Gasteiger partial charge in [0.25, 0.3) is 0 Å². The smallest absolute Gasteiger partial charge is 0.0989 e. The fourth-order valence-electron chi connectivity index (χ4n) is 2.11. The van der Waals surface area contributed by atoms with E-state index in [1.165, 1.54) is 17.8 Å². The topological polar surface area (TPSA) is 35.6 Å². The van der Waals surface area contributed by atoms with Gasteiger partial charge in [0.05, 0.1) is 12.7 Å². The molecular weight excluding hydrogens is 188 g/mol. The first-order valence-electron chi connectivity index (χ1n) is 5.14. The van der Waals surface area contributed by atoms with Crippen molar-refractivity contribution in [3.05, 3.63) is 37.4 Å². The SMILES string of the molecule is c1cn(C2=C(n3ccnc3)CCC2)cn1. The van der Waals surface area contributed by atoms with E-state index < -0.39 is 0 Å². The molecule has 0 saturated heterocycles. The van der Waals surface area contributed by atoms with Crippen LogP contribution in [0.3, 0.4) is 0 Å². The molecule has 2 heterocycles. The van der Waals surface area contributed by atoms with E-state index in [1.54, 1.807) is 0 Å². The molecule has 0 saturated carbocycles. The molecule has 2 aromatic rings. The van der Waals surface area contributed by atoms with Gasteiger partial charge in [-0.1, -0.05) is 0 Å². The average Bonchev–Trinajstić information content (AvgIpc) is 3.01. The molecule has 0 aromatic carbocycles. The molecule has 0 N–H and O–H groups in total. The first-order chi connectivity index (χ1) is 7.45. The van der Waals surface area contributed by atoms with Crippen LogP contribution in [-0.2, 0) is 0 Å². The third-order valence-electron chi connectivity index (χ3n) is 2.79. The Hall–Kier alpha value is -1.84. The van der Waals surface area contributed by atoms with Crippen molar-refractivity contribution in [1.82, 2.24) is 19.1 Å². The highest BCUT2D eigenvalue weighted by atomic mass is 15.1. The average molecular weight is 200 g/mol. The zero-order valence-corrected chi connectivity index (χ0v) is 8.37.